The summed E-state index contributed by atoms with van der Waals surface area (Å²) in [4.78, 5) is 11.8. The predicted molar refractivity (Wildman–Crippen MR) is 64.1 cm³/mol. The summed E-state index contributed by atoms with van der Waals surface area (Å²) in [6.07, 6.45) is 1.60. The number of benzene rings is 1. The number of halogens is 1. The number of rotatable bonds is 4. The summed E-state index contributed by atoms with van der Waals surface area (Å²) >= 11 is 3.34. The van der Waals surface area contributed by atoms with E-state index in [9.17, 15) is 4.79 Å². The first-order chi connectivity index (χ1) is 7.15. The largest absolute Gasteiger partial charge is 0.380 e. The molecule has 0 atom stereocenters. The maximum Gasteiger partial charge on any atom is 0.186 e. The second-order valence-electron chi connectivity index (χ2n) is 3.27. The lowest BCUT2D eigenvalue weighted by Crippen LogP contribution is -1.99. The Morgan fingerprint density at radius 2 is 2.13 bits per heavy atom. The molecule has 0 aliphatic heterocycles. The van der Waals surface area contributed by atoms with Gasteiger partial charge in [0, 0.05) is 17.1 Å². The van der Waals surface area contributed by atoms with E-state index in [0.717, 1.165) is 10.0 Å². The van der Waals surface area contributed by atoms with Crippen LogP contribution >= 0.6 is 15.9 Å². The van der Waals surface area contributed by atoms with Crippen molar-refractivity contribution in [1.82, 2.24) is 0 Å². The van der Waals surface area contributed by atoms with Crippen LogP contribution in [0.4, 0.5) is 0 Å². The summed E-state index contributed by atoms with van der Waals surface area (Å²) in [5, 5.41) is 0. The third-order valence-corrected chi connectivity index (χ3v) is 2.58. The lowest BCUT2D eigenvalue weighted by Gasteiger charge is -2.01. The maximum absolute atomic E-state index is 11.8. The Hall–Kier alpha value is -0.930. The number of methoxy groups -OCH3 is 1. The van der Waals surface area contributed by atoms with Gasteiger partial charge in [-0.2, -0.15) is 0 Å². The van der Waals surface area contributed by atoms with E-state index in [4.69, 9.17) is 4.74 Å². The molecule has 2 nitrogen and oxygen atoms in total. The summed E-state index contributed by atoms with van der Waals surface area (Å²) in [5.74, 6) is -0.00275. The second kappa shape index (κ2) is 5.83. The molecule has 0 aromatic heterocycles. The van der Waals surface area contributed by atoms with Crippen molar-refractivity contribution in [2.45, 2.75) is 6.92 Å². The van der Waals surface area contributed by atoms with Crippen LogP contribution in [-0.4, -0.2) is 19.5 Å². The first-order valence-corrected chi connectivity index (χ1v) is 5.39. The van der Waals surface area contributed by atoms with Gasteiger partial charge in [0.1, 0.15) is 0 Å². The number of allylic oxidation sites excluding steroid dienone is 1. The summed E-state index contributed by atoms with van der Waals surface area (Å²) in [6.45, 7) is 2.36. The Labute approximate surface area is 98.1 Å². The van der Waals surface area contributed by atoms with Gasteiger partial charge in [-0.25, -0.2) is 0 Å². The highest BCUT2D eigenvalue weighted by molar-refractivity contribution is 9.10. The van der Waals surface area contributed by atoms with Gasteiger partial charge in [0.05, 0.1) is 6.61 Å². The van der Waals surface area contributed by atoms with E-state index < -0.39 is 0 Å². The molecule has 0 amide bonds. The van der Waals surface area contributed by atoms with Crippen molar-refractivity contribution < 1.29 is 9.53 Å². The molecule has 1 aromatic carbocycles. The van der Waals surface area contributed by atoms with Crippen LogP contribution in [0.15, 0.2) is 40.4 Å². The highest BCUT2D eigenvalue weighted by atomic mass is 79.9. The minimum Gasteiger partial charge on any atom is -0.380 e. The van der Waals surface area contributed by atoms with Gasteiger partial charge in [0.15, 0.2) is 5.78 Å². The molecule has 0 aliphatic rings. The number of hydrogen-bond donors (Lipinski definition) is 0. The van der Waals surface area contributed by atoms with Crippen molar-refractivity contribution >= 4 is 21.7 Å². The molecule has 0 bridgehead atoms. The first kappa shape index (κ1) is 12.1. The minimum atomic E-state index is -0.00275. The number of hydrogen-bond acceptors (Lipinski definition) is 2. The van der Waals surface area contributed by atoms with Crippen molar-refractivity contribution in [3.8, 4) is 0 Å². The average molecular weight is 269 g/mol. The Balaban J connectivity index is 2.86. The van der Waals surface area contributed by atoms with Crippen LogP contribution in [0.25, 0.3) is 0 Å². The first-order valence-electron chi connectivity index (χ1n) is 4.60. The van der Waals surface area contributed by atoms with Gasteiger partial charge in [-0.3, -0.25) is 4.79 Å². The molecule has 3 heteroatoms. The van der Waals surface area contributed by atoms with Gasteiger partial charge >= 0.3 is 0 Å². The molecule has 0 spiro atoms. The quantitative estimate of drug-likeness (QED) is 0.619. The Bertz CT molecular complexity index is 383. The second-order valence-corrected chi connectivity index (χ2v) is 4.12. The van der Waals surface area contributed by atoms with Gasteiger partial charge < -0.3 is 4.74 Å². The zero-order valence-electron chi connectivity index (χ0n) is 8.79. The van der Waals surface area contributed by atoms with Gasteiger partial charge in [-0.05, 0) is 30.7 Å². The molecule has 80 valence electrons. The maximum atomic E-state index is 11.8. The topological polar surface area (TPSA) is 26.3 Å². The molecule has 1 aromatic rings. The summed E-state index contributed by atoms with van der Waals surface area (Å²) in [7, 11) is 1.61. The molecule has 0 saturated carbocycles. The smallest absolute Gasteiger partial charge is 0.186 e. The van der Waals surface area contributed by atoms with Crippen LogP contribution in [0.5, 0.6) is 0 Å². The van der Waals surface area contributed by atoms with Crippen LogP contribution in [0, 0.1) is 0 Å². The lowest BCUT2D eigenvalue weighted by molar-refractivity contribution is 0.104. The summed E-state index contributed by atoms with van der Waals surface area (Å²) < 4.78 is 5.75. The molecule has 0 unspecified atom stereocenters. The molecule has 0 fully saturated rings. The Morgan fingerprint density at radius 1 is 1.47 bits per heavy atom. The number of ether oxygens (including phenoxy) is 1. The number of carbonyl (C=O) groups excluding carboxylic acids is 1. The third-order valence-electron chi connectivity index (χ3n) is 1.89. The monoisotopic (exact) mass is 268 g/mol. The Morgan fingerprint density at radius 3 is 2.73 bits per heavy atom. The van der Waals surface area contributed by atoms with E-state index in [1.807, 2.05) is 25.1 Å². The fourth-order valence-electron chi connectivity index (χ4n) is 1.23. The van der Waals surface area contributed by atoms with E-state index in [0.29, 0.717) is 12.2 Å². The fourth-order valence-corrected chi connectivity index (χ4v) is 1.71. The van der Waals surface area contributed by atoms with Crippen LogP contribution in [0.1, 0.15) is 17.3 Å². The molecule has 0 saturated heterocycles. The molecule has 1 rings (SSSR count). The van der Waals surface area contributed by atoms with Gasteiger partial charge in [-0.15, -0.1) is 0 Å². The van der Waals surface area contributed by atoms with Gasteiger partial charge in [0.2, 0.25) is 0 Å². The summed E-state index contributed by atoms with van der Waals surface area (Å²) in [5.41, 5.74) is 1.59. The van der Waals surface area contributed by atoms with Gasteiger partial charge in [-0.1, -0.05) is 28.1 Å². The predicted octanol–water partition coefficient (Wildman–Crippen LogP) is 3.22. The molecule has 0 N–H and O–H groups in total. The van der Waals surface area contributed by atoms with Crippen LogP contribution in [-0.2, 0) is 4.74 Å². The van der Waals surface area contributed by atoms with Crippen LogP contribution < -0.4 is 0 Å². The summed E-state index contributed by atoms with van der Waals surface area (Å²) in [6, 6.07) is 7.37. The lowest BCUT2D eigenvalue weighted by atomic mass is 10.1. The minimum absolute atomic E-state index is 0.00275. The van der Waals surface area contributed by atoms with Crippen molar-refractivity contribution in [2.75, 3.05) is 13.7 Å². The molecular weight excluding hydrogens is 256 g/mol. The van der Waals surface area contributed by atoms with E-state index in [1.165, 1.54) is 0 Å². The van der Waals surface area contributed by atoms with Crippen molar-refractivity contribution in [1.29, 1.82) is 0 Å². The zero-order valence-corrected chi connectivity index (χ0v) is 10.4. The standard InChI is InChI=1S/C12H13BrO2/c1-9(8-15-2)7-12(14)10-5-3-4-6-11(10)13/h3-7H,8H2,1-2H3/b9-7+. The normalized spacial score (nSPS) is 11.5. The van der Waals surface area contributed by atoms with Crippen LogP contribution in [0.3, 0.4) is 0 Å². The number of ketones is 1. The van der Waals surface area contributed by atoms with Crippen molar-refractivity contribution in [3.63, 3.8) is 0 Å². The molecule has 0 heterocycles. The van der Waals surface area contributed by atoms with Crippen molar-refractivity contribution in [2.24, 2.45) is 0 Å². The average Bonchev–Trinajstić information content (AvgIpc) is 2.18. The van der Waals surface area contributed by atoms with Gasteiger partial charge in [0.25, 0.3) is 0 Å². The van der Waals surface area contributed by atoms with E-state index >= 15 is 0 Å². The molecule has 15 heavy (non-hydrogen) atoms. The van der Waals surface area contributed by atoms with E-state index in [-0.39, 0.29) is 5.78 Å². The van der Waals surface area contributed by atoms with E-state index in [2.05, 4.69) is 15.9 Å². The third kappa shape index (κ3) is 3.61. The zero-order chi connectivity index (χ0) is 11.3. The van der Waals surface area contributed by atoms with Crippen molar-refractivity contribution in [3.05, 3.63) is 46.0 Å². The molecule has 0 radical (unpaired) electrons. The Kier molecular flexibility index (Phi) is 4.72. The SMILES string of the molecule is COC/C(C)=C/C(=O)c1ccccc1Br. The fraction of sp³-hybridized carbons (Fsp3) is 0.250. The van der Waals surface area contributed by atoms with Crippen LogP contribution in [0.2, 0.25) is 0 Å². The highest BCUT2D eigenvalue weighted by Crippen LogP contribution is 2.17. The highest BCUT2D eigenvalue weighted by Gasteiger charge is 2.06. The molecular formula is C12H13BrO2. The van der Waals surface area contributed by atoms with E-state index in [1.54, 1.807) is 19.3 Å². The number of carbonyl (C=O) groups is 1. The molecule has 0 aliphatic carbocycles.